The molecule has 0 aliphatic rings. The topological polar surface area (TPSA) is 35.5 Å². The van der Waals surface area contributed by atoms with Crippen molar-refractivity contribution in [3.8, 4) is 0 Å². The molecule has 0 aromatic heterocycles. The Balaban J connectivity index is 4.13. The second-order valence-electron chi connectivity index (χ2n) is 3.99. The van der Waals surface area contributed by atoms with Crippen LogP contribution in [-0.4, -0.2) is 32.7 Å². The quantitative estimate of drug-likeness (QED) is 0.632. The predicted octanol–water partition coefficient (Wildman–Crippen LogP) is 1.90. The Labute approximate surface area is 86.8 Å². The van der Waals surface area contributed by atoms with E-state index in [2.05, 4.69) is 0 Å². The van der Waals surface area contributed by atoms with Gasteiger partial charge in [-0.25, -0.2) is 0 Å². The minimum Gasteiger partial charge on any atom is -0.385 e. The average Bonchev–Trinajstić information content (AvgIpc) is 2.14. The third-order valence-electron chi connectivity index (χ3n) is 2.38. The van der Waals surface area contributed by atoms with Crippen LogP contribution in [0.3, 0.4) is 0 Å². The maximum Gasteiger partial charge on any atom is 0.164 e. The minimum absolute atomic E-state index is 0.0160. The SMILES string of the molecule is COCCC(C)C(=O)C(OC)C(C)C. The molecule has 0 rings (SSSR count). The molecule has 0 N–H and O–H groups in total. The summed E-state index contributed by atoms with van der Waals surface area (Å²) in [5.74, 6) is 0.430. The van der Waals surface area contributed by atoms with Gasteiger partial charge in [0.05, 0.1) is 0 Å². The van der Waals surface area contributed by atoms with Crippen LogP contribution in [0.5, 0.6) is 0 Å². The van der Waals surface area contributed by atoms with Gasteiger partial charge in [-0.05, 0) is 12.3 Å². The first kappa shape index (κ1) is 13.6. The molecule has 0 aliphatic heterocycles. The lowest BCUT2D eigenvalue weighted by Crippen LogP contribution is -2.33. The van der Waals surface area contributed by atoms with E-state index in [9.17, 15) is 4.79 Å². The molecule has 0 bridgehead atoms. The number of Topliss-reactive ketones (excluding diaryl/α,β-unsaturated/α-hetero) is 1. The number of carbonyl (C=O) groups excluding carboxylic acids is 1. The lowest BCUT2D eigenvalue weighted by molar-refractivity contribution is -0.135. The van der Waals surface area contributed by atoms with Gasteiger partial charge in [-0.3, -0.25) is 4.79 Å². The molecule has 84 valence electrons. The van der Waals surface area contributed by atoms with Gasteiger partial charge in [0.25, 0.3) is 0 Å². The molecule has 0 saturated heterocycles. The molecular weight excluding hydrogens is 180 g/mol. The maximum atomic E-state index is 11.8. The van der Waals surface area contributed by atoms with Crippen LogP contribution in [0.2, 0.25) is 0 Å². The summed E-state index contributed by atoms with van der Waals surface area (Å²) < 4.78 is 10.1. The number of methoxy groups -OCH3 is 2. The number of carbonyl (C=O) groups is 1. The van der Waals surface area contributed by atoms with Gasteiger partial charge >= 0.3 is 0 Å². The molecule has 14 heavy (non-hydrogen) atoms. The van der Waals surface area contributed by atoms with Crippen LogP contribution >= 0.6 is 0 Å². The molecule has 0 radical (unpaired) electrons. The van der Waals surface area contributed by atoms with Crippen molar-refractivity contribution in [1.29, 1.82) is 0 Å². The van der Waals surface area contributed by atoms with Crippen LogP contribution in [-0.2, 0) is 14.3 Å². The molecule has 3 heteroatoms. The van der Waals surface area contributed by atoms with Gasteiger partial charge in [-0.1, -0.05) is 20.8 Å². The minimum atomic E-state index is -0.276. The molecule has 0 fully saturated rings. The van der Waals surface area contributed by atoms with Crippen LogP contribution in [0.1, 0.15) is 27.2 Å². The zero-order valence-electron chi connectivity index (χ0n) is 9.87. The number of rotatable bonds is 7. The molecule has 2 unspecified atom stereocenters. The summed E-state index contributed by atoms with van der Waals surface area (Å²) in [7, 11) is 3.24. The molecular formula is C11H22O3. The van der Waals surface area contributed by atoms with Gasteiger partial charge in [0.2, 0.25) is 0 Å². The summed E-state index contributed by atoms with van der Waals surface area (Å²) in [6.45, 7) is 6.54. The molecule has 2 atom stereocenters. The predicted molar refractivity (Wildman–Crippen MR) is 56.3 cm³/mol. The monoisotopic (exact) mass is 202 g/mol. The molecule has 3 nitrogen and oxygen atoms in total. The highest BCUT2D eigenvalue weighted by molar-refractivity contribution is 5.85. The van der Waals surface area contributed by atoms with Crippen LogP contribution in [0, 0.1) is 11.8 Å². The van der Waals surface area contributed by atoms with Gasteiger partial charge in [0.1, 0.15) is 6.10 Å². The Kier molecular flexibility index (Phi) is 6.75. The van der Waals surface area contributed by atoms with Crippen LogP contribution in [0.25, 0.3) is 0 Å². The Bertz CT molecular complexity index is 166. The standard InChI is InChI=1S/C11H22O3/c1-8(2)11(14-5)10(12)9(3)6-7-13-4/h8-9,11H,6-7H2,1-5H3. The van der Waals surface area contributed by atoms with Crippen molar-refractivity contribution in [2.24, 2.45) is 11.8 Å². The van der Waals surface area contributed by atoms with E-state index in [1.165, 1.54) is 0 Å². The Hall–Kier alpha value is -0.410. The summed E-state index contributed by atoms with van der Waals surface area (Å²) in [6.07, 6.45) is 0.490. The van der Waals surface area contributed by atoms with Gasteiger partial charge in [-0.2, -0.15) is 0 Å². The van der Waals surface area contributed by atoms with Crippen molar-refractivity contribution in [2.75, 3.05) is 20.8 Å². The lowest BCUT2D eigenvalue weighted by Gasteiger charge is -2.21. The normalized spacial score (nSPS) is 15.6. The zero-order chi connectivity index (χ0) is 11.1. The number of ketones is 1. The van der Waals surface area contributed by atoms with E-state index in [-0.39, 0.29) is 23.7 Å². The van der Waals surface area contributed by atoms with Gasteiger partial charge in [-0.15, -0.1) is 0 Å². The van der Waals surface area contributed by atoms with E-state index in [1.54, 1.807) is 14.2 Å². The Morgan fingerprint density at radius 1 is 1.21 bits per heavy atom. The third kappa shape index (κ3) is 4.20. The summed E-state index contributed by atoms with van der Waals surface area (Å²) in [6, 6.07) is 0. The van der Waals surface area contributed by atoms with Crippen LogP contribution < -0.4 is 0 Å². The van der Waals surface area contributed by atoms with Crippen LogP contribution in [0.4, 0.5) is 0 Å². The summed E-state index contributed by atoms with van der Waals surface area (Å²) in [4.78, 5) is 11.8. The fourth-order valence-electron chi connectivity index (χ4n) is 1.43. The molecule has 0 heterocycles. The molecule has 0 aliphatic carbocycles. The maximum absolute atomic E-state index is 11.8. The number of hydrogen-bond acceptors (Lipinski definition) is 3. The van der Waals surface area contributed by atoms with Gasteiger partial charge in [0, 0.05) is 26.7 Å². The number of hydrogen-bond donors (Lipinski definition) is 0. The first-order valence-electron chi connectivity index (χ1n) is 5.10. The summed E-state index contributed by atoms with van der Waals surface area (Å²) in [5.41, 5.74) is 0. The van der Waals surface area contributed by atoms with E-state index < -0.39 is 0 Å². The summed E-state index contributed by atoms with van der Waals surface area (Å²) in [5, 5.41) is 0. The van der Waals surface area contributed by atoms with Crippen molar-refractivity contribution in [1.82, 2.24) is 0 Å². The van der Waals surface area contributed by atoms with Crippen molar-refractivity contribution in [2.45, 2.75) is 33.3 Å². The Morgan fingerprint density at radius 3 is 2.14 bits per heavy atom. The fraction of sp³-hybridized carbons (Fsp3) is 0.909. The molecule has 0 aromatic rings. The Morgan fingerprint density at radius 2 is 1.79 bits per heavy atom. The largest absolute Gasteiger partial charge is 0.385 e. The molecule has 0 amide bonds. The molecule has 0 spiro atoms. The highest BCUT2D eigenvalue weighted by Gasteiger charge is 2.25. The molecule has 0 saturated carbocycles. The zero-order valence-corrected chi connectivity index (χ0v) is 9.87. The van der Waals surface area contributed by atoms with E-state index >= 15 is 0 Å². The highest BCUT2D eigenvalue weighted by Crippen LogP contribution is 2.14. The third-order valence-corrected chi connectivity index (χ3v) is 2.38. The second-order valence-corrected chi connectivity index (χ2v) is 3.99. The number of ether oxygens (including phenoxy) is 2. The van der Waals surface area contributed by atoms with Crippen molar-refractivity contribution >= 4 is 5.78 Å². The van der Waals surface area contributed by atoms with Crippen molar-refractivity contribution in [3.05, 3.63) is 0 Å². The average molecular weight is 202 g/mol. The highest BCUT2D eigenvalue weighted by atomic mass is 16.5. The smallest absolute Gasteiger partial charge is 0.164 e. The van der Waals surface area contributed by atoms with Crippen molar-refractivity contribution in [3.63, 3.8) is 0 Å². The van der Waals surface area contributed by atoms with E-state index in [1.807, 2.05) is 20.8 Å². The first-order valence-corrected chi connectivity index (χ1v) is 5.10. The lowest BCUT2D eigenvalue weighted by atomic mass is 9.92. The fourth-order valence-corrected chi connectivity index (χ4v) is 1.43. The van der Waals surface area contributed by atoms with E-state index in [0.717, 1.165) is 6.42 Å². The first-order chi connectivity index (χ1) is 6.54. The second kappa shape index (κ2) is 6.96. The molecule has 0 aromatic carbocycles. The van der Waals surface area contributed by atoms with E-state index in [4.69, 9.17) is 9.47 Å². The summed E-state index contributed by atoms with van der Waals surface area (Å²) >= 11 is 0. The van der Waals surface area contributed by atoms with Gasteiger partial charge < -0.3 is 9.47 Å². The van der Waals surface area contributed by atoms with Gasteiger partial charge in [0.15, 0.2) is 5.78 Å². The van der Waals surface area contributed by atoms with Crippen LogP contribution in [0.15, 0.2) is 0 Å². The van der Waals surface area contributed by atoms with Crippen molar-refractivity contribution < 1.29 is 14.3 Å². The van der Waals surface area contributed by atoms with E-state index in [0.29, 0.717) is 6.61 Å².